The van der Waals surface area contributed by atoms with Crippen LogP contribution in [0.3, 0.4) is 0 Å². The molecule has 1 unspecified atom stereocenters. The molecule has 0 bridgehead atoms. The molecule has 1 aliphatic rings. The Hall–Kier alpha value is -0.970. The van der Waals surface area contributed by atoms with Crippen molar-refractivity contribution < 1.29 is 9.53 Å². The number of nitrogens with two attached hydrogens (primary N) is 1. The molecule has 1 fully saturated rings. The standard InChI is InChI=1S/C13H16Cl2N2O2/c1-8-7-17(3-2-4-19-8)13(18)9-5-10(14)12(15)11(16)6-9/h5-6,8H,2-4,7,16H2,1H3. The predicted octanol–water partition coefficient (Wildman–Crippen LogP) is 2.83. The molecule has 1 amide bonds. The number of nitrogens with zero attached hydrogens (tertiary/aromatic N) is 1. The third-order valence-corrected chi connectivity index (χ3v) is 3.86. The number of carbonyl (C=O) groups is 1. The van der Waals surface area contributed by atoms with E-state index in [4.69, 9.17) is 33.7 Å². The van der Waals surface area contributed by atoms with Crippen molar-refractivity contribution in [3.05, 3.63) is 27.7 Å². The van der Waals surface area contributed by atoms with E-state index in [1.165, 1.54) is 0 Å². The molecule has 6 heteroatoms. The first-order chi connectivity index (χ1) is 8.99. The van der Waals surface area contributed by atoms with Crippen LogP contribution in [0.5, 0.6) is 0 Å². The molecular formula is C13H16Cl2N2O2. The molecule has 1 aromatic rings. The monoisotopic (exact) mass is 302 g/mol. The molecule has 1 heterocycles. The van der Waals surface area contributed by atoms with E-state index < -0.39 is 0 Å². The van der Waals surface area contributed by atoms with Gasteiger partial charge in [0.1, 0.15) is 0 Å². The zero-order valence-corrected chi connectivity index (χ0v) is 12.2. The molecule has 104 valence electrons. The van der Waals surface area contributed by atoms with Gasteiger partial charge in [-0.1, -0.05) is 23.2 Å². The summed E-state index contributed by atoms with van der Waals surface area (Å²) in [4.78, 5) is 14.2. The second-order valence-corrected chi connectivity index (χ2v) is 5.43. The molecular weight excluding hydrogens is 287 g/mol. The number of nitrogen functional groups attached to an aromatic ring is 1. The third kappa shape index (κ3) is 3.32. The molecule has 1 aromatic carbocycles. The van der Waals surface area contributed by atoms with Crippen molar-refractivity contribution in [2.75, 3.05) is 25.4 Å². The average molecular weight is 303 g/mol. The smallest absolute Gasteiger partial charge is 0.254 e. The van der Waals surface area contributed by atoms with Crippen LogP contribution in [0.15, 0.2) is 12.1 Å². The molecule has 0 aromatic heterocycles. The van der Waals surface area contributed by atoms with Crippen molar-refractivity contribution >= 4 is 34.8 Å². The Kier molecular flexibility index (Phi) is 4.55. The first kappa shape index (κ1) is 14.4. The molecule has 0 spiro atoms. The Balaban J connectivity index is 2.23. The lowest BCUT2D eigenvalue weighted by Gasteiger charge is -2.22. The number of benzene rings is 1. The van der Waals surface area contributed by atoms with Crippen LogP contribution in [0.2, 0.25) is 10.0 Å². The van der Waals surface area contributed by atoms with Crippen LogP contribution in [0.4, 0.5) is 5.69 Å². The van der Waals surface area contributed by atoms with Gasteiger partial charge in [0.2, 0.25) is 0 Å². The molecule has 2 rings (SSSR count). The fourth-order valence-electron chi connectivity index (χ4n) is 2.10. The zero-order valence-electron chi connectivity index (χ0n) is 10.7. The van der Waals surface area contributed by atoms with E-state index in [2.05, 4.69) is 0 Å². The summed E-state index contributed by atoms with van der Waals surface area (Å²) in [5.41, 5.74) is 6.51. The molecule has 4 nitrogen and oxygen atoms in total. The number of hydrogen-bond acceptors (Lipinski definition) is 3. The van der Waals surface area contributed by atoms with Crippen LogP contribution < -0.4 is 5.73 Å². The van der Waals surface area contributed by atoms with Crippen LogP contribution in [-0.4, -0.2) is 36.6 Å². The highest BCUT2D eigenvalue weighted by Crippen LogP contribution is 2.30. The first-order valence-electron chi connectivity index (χ1n) is 6.14. The van der Waals surface area contributed by atoms with Crippen LogP contribution in [0, 0.1) is 0 Å². The van der Waals surface area contributed by atoms with Gasteiger partial charge in [-0.3, -0.25) is 4.79 Å². The summed E-state index contributed by atoms with van der Waals surface area (Å²) in [5, 5.41) is 0.579. The van der Waals surface area contributed by atoms with Gasteiger partial charge in [-0.15, -0.1) is 0 Å². The number of rotatable bonds is 1. The van der Waals surface area contributed by atoms with Crippen LogP contribution in [-0.2, 0) is 4.74 Å². The average Bonchev–Trinajstić information content (AvgIpc) is 2.59. The highest BCUT2D eigenvalue weighted by molar-refractivity contribution is 6.43. The summed E-state index contributed by atoms with van der Waals surface area (Å²) in [7, 11) is 0. The van der Waals surface area contributed by atoms with E-state index in [1.807, 2.05) is 6.92 Å². The van der Waals surface area contributed by atoms with Gasteiger partial charge < -0.3 is 15.4 Å². The molecule has 1 saturated heterocycles. The van der Waals surface area contributed by atoms with Crippen LogP contribution >= 0.6 is 23.2 Å². The third-order valence-electron chi connectivity index (χ3n) is 3.04. The van der Waals surface area contributed by atoms with Crippen molar-refractivity contribution in [1.82, 2.24) is 4.90 Å². The van der Waals surface area contributed by atoms with Gasteiger partial charge in [0.05, 0.1) is 21.8 Å². The van der Waals surface area contributed by atoms with Gasteiger partial charge in [0, 0.05) is 25.3 Å². The number of amides is 1. The number of carbonyl (C=O) groups excluding carboxylic acids is 1. The lowest BCUT2D eigenvalue weighted by atomic mass is 10.1. The summed E-state index contributed by atoms with van der Waals surface area (Å²) in [6.45, 7) is 3.87. The van der Waals surface area contributed by atoms with Gasteiger partial charge in [0.15, 0.2) is 0 Å². The zero-order chi connectivity index (χ0) is 14.0. The van der Waals surface area contributed by atoms with E-state index in [0.717, 1.165) is 6.42 Å². The molecule has 0 radical (unpaired) electrons. The maximum Gasteiger partial charge on any atom is 0.254 e. The number of hydrogen-bond donors (Lipinski definition) is 1. The van der Waals surface area contributed by atoms with Gasteiger partial charge in [0.25, 0.3) is 5.91 Å². The van der Waals surface area contributed by atoms with E-state index in [1.54, 1.807) is 17.0 Å². The second-order valence-electron chi connectivity index (χ2n) is 4.65. The normalized spacial score (nSPS) is 20.2. The van der Waals surface area contributed by atoms with Crippen LogP contribution in [0.25, 0.3) is 0 Å². The largest absolute Gasteiger partial charge is 0.397 e. The number of halogens is 2. The fourth-order valence-corrected chi connectivity index (χ4v) is 2.43. The number of anilines is 1. The van der Waals surface area contributed by atoms with Crippen LogP contribution in [0.1, 0.15) is 23.7 Å². The summed E-state index contributed by atoms with van der Waals surface area (Å²) < 4.78 is 5.52. The van der Waals surface area contributed by atoms with Crippen molar-refractivity contribution in [2.24, 2.45) is 0 Å². The Morgan fingerprint density at radius 2 is 2.21 bits per heavy atom. The summed E-state index contributed by atoms with van der Waals surface area (Å²) in [6.07, 6.45) is 0.860. The topological polar surface area (TPSA) is 55.6 Å². The fraction of sp³-hybridized carbons (Fsp3) is 0.462. The lowest BCUT2D eigenvalue weighted by Crippen LogP contribution is -2.35. The maximum absolute atomic E-state index is 12.4. The quantitative estimate of drug-likeness (QED) is 0.812. The molecule has 1 aliphatic heterocycles. The maximum atomic E-state index is 12.4. The Morgan fingerprint density at radius 1 is 1.47 bits per heavy atom. The highest BCUT2D eigenvalue weighted by atomic mass is 35.5. The summed E-state index contributed by atoms with van der Waals surface area (Å²) in [6, 6.07) is 3.12. The van der Waals surface area contributed by atoms with Gasteiger partial charge in [-0.25, -0.2) is 0 Å². The summed E-state index contributed by atoms with van der Waals surface area (Å²) >= 11 is 11.8. The minimum atomic E-state index is -0.0948. The SMILES string of the molecule is CC1CN(C(=O)c2cc(N)c(Cl)c(Cl)c2)CCCO1. The molecule has 19 heavy (non-hydrogen) atoms. The lowest BCUT2D eigenvalue weighted by molar-refractivity contribution is 0.0563. The molecule has 0 aliphatic carbocycles. The van der Waals surface area contributed by atoms with Crippen molar-refractivity contribution in [3.63, 3.8) is 0 Å². The Labute approximate surface area is 122 Å². The Morgan fingerprint density at radius 3 is 2.89 bits per heavy atom. The predicted molar refractivity (Wildman–Crippen MR) is 76.8 cm³/mol. The van der Waals surface area contributed by atoms with Crippen molar-refractivity contribution in [1.29, 1.82) is 0 Å². The molecule has 0 saturated carbocycles. The first-order valence-corrected chi connectivity index (χ1v) is 6.90. The second kappa shape index (κ2) is 5.99. The number of ether oxygens (including phenoxy) is 1. The highest BCUT2D eigenvalue weighted by Gasteiger charge is 2.22. The van der Waals surface area contributed by atoms with E-state index in [9.17, 15) is 4.79 Å². The van der Waals surface area contributed by atoms with E-state index in [0.29, 0.717) is 36.0 Å². The summed E-state index contributed by atoms with van der Waals surface area (Å²) in [5.74, 6) is -0.0948. The van der Waals surface area contributed by atoms with Gasteiger partial charge >= 0.3 is 0 Å². The minimum Gasteiger partial charge on any atom is -0.397 e. The molecule has 1 atom stereocenters. The van der Waals surface area contributed by atoms with Gasteiger partial charge in [-0.05, 0) is 25.5 Å². The Bertz CT molecular complexity index is 471. The van der Waals surface area contributed by atoms with E-state index >= 15 is 0 Å². The molecule has 2 N–H and O–H groups in total. The minimum absolute atomic E-state index is 0.0339. The van der Waals surface area contributed by atoms with Crippen molar-refractivity contribution in [2.45, 2.75) is 19.4 Å². The van der Waals surface area contributed by atoms with E-state index in [-0.39, 0.29) is 17.0 Å². The van der Waals surface area contributed by atoms with Crippen molar-refractivity contribution in [3.8, 4) is 0 Å². The van der Waals surface area contributed by atoms with Gasteiger partial charge in [-0.2, -0.15) is 0 Å².